The van der Waals surface area contributed by atoms with Crippen molar-refractivity contribution >= 4 is 17.3 Å². The van der Waals surface area contributed by atoms with E-state index in [0.29, 0.717) is 6.42 Å². The van der Waals surface area contributed by atoms with Gasteiger partial charge in [0.2, 0.25) is 0 Å². The zero-order valence-electron chi connectivity index (χ0n) is 10.6. The number of aromatic nitrogens is 1. The molecule has 2 heterocycles. The van der Waals surface area contributed by atoms with Crippen LogP contribution in [0.4, 0.5) is 11.5 Å². The Balaban J connectivity index is 1.98. The Morgan fingerprint density at radius 2 is 2.44 bits per heavy atom. The number of hydrogen-bond donors (Lipinski definition) is 3. The van der Waals surface area contributed by atoms with Crippen LogP contribution >= 0.6 is 0 Å². The number of nitrogens with one attached hydrogen (secondary N) is 1. The van der Waals surface area contributed by atoms with Crippen molar-refractivity contribution in [3.05, 3.63) is 17.8 Å². The summed E-state index contributed by atoms with van der Waals surface area (Å²) in [5.74, 6) is 1.22. The molecule has 18 heavy (non-hydrogen) atoms. The molecule has 0 saturated carbocycles. The standard InChI is InChI=1S/C12H19N5O/c1-17-8-7-14-12-10(17)6-5-9(15-12)3-2-4-11(13)16-18/h5-6,18H,2-4,7-8H2,1H3,(H2,13,16)(H,14,15). The smallest absolute Gasteiger partial charge is 0.149 e. The quantitative estimate of drug-likeness (QED) is 0.321. The highest BCUT2D eigenvalue weighted by Crippen LogP contribution is 2.26. The SMILES string of the molecule is CN1CCNc2nc(CCC/C(N)=N\O)ccc21. The molecule has 1 aromatic heterocycles. The van der Waals surface area contributed by atoms with Gasteiger partial charge in [-0.1, -0.05) is 5.16 Å². The molecular weight excluding hydrogens is 230 g/mol. The zero-order chi connectivity index (χ0) is 13.0. The topological polar surface area (TPSA) is 86.8 Å². The highest BCUT2D eigenvalue weighted by atomic mass is 16.4. The molecule has 0 fully saturated rings. The molecule has 1 aliphatic heterocycles. The number of likely N-dealkylation sites (N-methyl/N-ethyl adjacent to an activating group) is 1. The number of pyridine rings is 1. The Labute approximate surface area is 106 Å². The number of aryl methyl sites for hydroxylation is 1. The number of amidine groups is 1. The molecule has 0 saturated heterocycles. The molecule has 0 spiro atoms. The lowest BCUT2D eigenvalue weighted by Crippen LogP contribution is -2.31. The summed E-state index contributed by atoms with van der Waals surface area (Å²) >= 11 is 0. The zero-order valence-corrected chi connectivity index (χ0v) is 10.6. The minimum absolute atomic E-state index is 0.269. The largest absolute Gasteiger partial charge is 0.409 e. The van der Waals surface area contributed by atoms with E-state index < -0.39 is 0 Å². The van der Waals surface area contributed by atoms with Crippen LogP contribution in [0.2, 0.25) is 0 Å². The van der Waals surface area contributed by atoms with E-state index in [2.05, 4.69) is 33.5 Å². The van der Waals surface area contributed by atoms with Crippen molar-refractivity contribution in [3.8, 4) is 0 Å². The fourth-order valence-corrected chi connectivity index (χ4v) is 2.03. The third kappa shape index (κ3) is 2.82. The van der Waals surface area contributed by atoms with Crippen LogP contribution in [0.5, 0.6) is 0 Å². The lowest BCUT2D eigenvalue weighted by Gasteiger charge is -2.27. The van der Waals surface area contributed by atoms with Crippen LogP contribution in [0.25, 0.3) is 0 Å². The fourth-order valence-electron chi connectivity index (χ4n) is 2.03. The van der Waals surface area contributed by atoms with Crippen molar-refractivity contribution < 1.29 is 5.21 Å². The minimum atomic E-state index is 0.269. The van der Waals surface area contributed by atoms with Gasteiger partial charge in [0.25, 0.3) is 0 Å². The predicted octanol–water partition coefficient (Wildman–Crippen LogP) is 1.01. The summed E-state index contributed by atoms with van der Waals surface area (Å²) in [4.78, 5) is 6.78. The molecule has 2 rings (SSSR count). The van der Waals surface area contributed by atoms with Crippen LogP contribution in [0.1, 0.15) is 18.5 Å². The summed E-state index contributed by atoms with van der Waals surface area (Å²) in [5.41, 5.74) is 7.60. The number of nitrogens with zero attached hydrogens (tertiary/aromatic N) is 3. The van der Waals surface area contributed by atoms with E-state index in [1.807, 2.05) is 6.07 Å². The number of nitrogens with two attached hydrogens (primary N) is 1. The van der Waals surface area contributed by atoms with Gasteiger partial charge < -0.3 is 21.2 Å². The lowest BCUT2D eigenvalue weighted by molar-refractivity contribution is 0.316. The Morgan fingerprint density at radius 1 is 1.61 bits per heavy atom. The van der Waals surface area contributed by atoms with Gasteiger partial charge in [0.05, 0.1) is 5.69 Å². The summed E-state index contributed by atoms with van der Waals surface area (Å²) in [6.07, 6.45) is 2.25. The van der Waals surface area contributed by atoms with Gasteiger partial charge in [-0.05, 0) is 25.0 Å². The van der Waals surface area contributed by atoms with Crippen LogP contribution in [-0.4, -0.2) is 36.2 Å². The van der Waals surface area contributed by atoms with E-state index >= 15 is 0 Å². The van der Waals surface area contributed by atoms with Gasteiger partial charge in [-0.3, -0.25) is 0 Å². The van der Waals surface area contributed by atoms with Gasteiger partial charge in [0, 0.05) is 32.3 Å². The summed E-state index contributed by atoms with van der Waals surface area (Å²) in [6.45, 7) is 1.92. The highest BCUT2D eigenvalue weighted by Gasteiger charge is 2.14. The van der Waals surface area contributed by atoms with Gasteiger partial charge >= 0.3 is 0 Å². The van der Waals surface area contributed by atoms with Crippen molar-refractivity contribution in [2.45, 2.75) is 19.3 Å². The molecule has 4 N–H and O–H groups in total. The molecule has 0 atom stereocenters. The van der Waals surface area contributed by atoms with Crippen LogP contribution in [-0.2, 0) is 6.42 Å². The van der Waals surface area contributed by atoms with Crippen molar-refractivity contribution in [2.75, 3.05) is 30.4 Å². The number of fused-ring (bicyclic) bond motifs is 1. The predicted molar refractivity (Wildman–Crippen MR) is 72.3 cm³/mol. The first-order chi connectivity index (χ1) is 8.70. The number of oxime groups is 1. The molecule has 6 nitrogen and oxygen atoms in total. The number of anilines is 2. The van der Waals surface area contributed by atoms with Crippen LogP contribution in [0.15, 0.2) is 17.3 Å². The average molecular weight is 249 g/mol. The summed E-state index contributed by atoms with van der Waals surface area (Å²) in [6, 6.07) is 4.13. The Hall–Kier alpha value is -1.98. The molecular formula is C12H19N5O. The molecule has 1 aliphatic rings. The van der Waals surface area contributed by atoms with Gasteiger partial charge in [0.15, 0.2) is 0 Å². The molecule has 1 aromatic rings. The monoisotopic (exact) mass is 249 g/mol. The summed E-state index contributed by atoms with van der Waals surface area (Å²) in [7, 11) is 2.07. The average Bonchev–Trinajstić information content (AvgIpc) is 2.38. The number of hydrogen-bond acceptors (Lipinski definition) is 5. The van der Waals surface area contributed by atoms with E-state index in [1.165, 1.54) is 0 Å². The summed E-state index contributed by atoms with van der Waals surface area (Å²) < 4.78 is 0. The lowest BCUT2D eigenvalue weighted by atomic mass is 10.1. The molecule has 6 heteroatoms. The molecule has 0 aliphatic carbocycles. The van der Waals surface area contributed by atoms with Crippen LogP contribution in [0, 0.1) is 0 Å². The van der Waals surface area contributed by atoms with E-state index in [4.69, 9.17) is 10.9 Å². The molecule has 0 radical (unpaired) electrons. The molecule has 98 valence electrons. The normalized spacial score (nSPS) is 15.2. The van der Waals surface area contributed by atoms with Gasteiger partial charge in [-0.15, -0.1) is 0 Å². The minimum Gasteiger partial charge on any atom is -0.409 e. The first-order valence-electron chi connectivity index (χ1n) is 6.12. The molecule has 0 amide bonds. The highest BCUT2D eigenvalue weighted by molar-refractivity contribution is 5.79. The second-order valence-corrected chi connectivity index (χ2v) is 4.46. The van der Waals surface area contributed by atoms with Crippen molar-refractivity contribution in [2.24, 2.45) is 10.9 Å². The fraction of sp³-hybridized carbons (Fsp3) is 0.500. The Morgan fingerprint density at radius 3 is 3.22 bits per heavy atom. The number of rotatable bonds is 4. The van der Waals surface area contributed by atoms with Gasteiger partial charge in [-0.2, -0.15) is 0 Å². The molecule has 0 unspecified atom stereocenters. The first kappa shape index (κ1) is 12.5. The maximum absolute atomic E-state index is 8.45. The second kappa shape index (κ2) is 5.57. The van der Waals surface area contributed by atoms with Crippen molar-refractivity contribution in [3.63, 3.8) is 0 Å². The van der Waals surface area contributed by atoms with E-state index in [-0.39, 0.29) is 5.84 Å². The molecule has 0 aromatic carbocycles. The Bertz CT molecular complexity index is 446. The van der Waals surface area contributed by atoms with Crippen molar-refractivity contribution in [1.82, 2.24) is 4.98 Å². The van der Waals surface area contributed by atoms with E-state index in [1.54, 1.807) is 0 Å². The van der Waals surface area contributed by atoms with E-state index in [0.717, 1.165) is 43.1 Å². The van der Waals surface area contributed by atoms with Crippen LogP contribution < -0.4 is 16.0 Å². The van der Waals surface area contributed by atoms with Gasteiger partial charge in [-0.25, -0.2) is 4.98 Å². The first-order valence-corrected chi connectivity index (χ1v) is 6.12. The summed E-state index contributed by atoms with van der Waals surface area (Å²) in [5, 5.41) is 14.7. The van der Waals surface area contributed by atoms with E-state index in [9.17, 15) is 0 Å². The Kier molecular flexibility index (Phi) is 3.86. The van der Waals surface area contributed by atoms with Crippen LogP contribution in [0.3, 0.4) is 0 Å². The van der Waals surface area contributed by atoms with Crippen molar-refractivity contribution in [1.29, 1.82) is 0 Å². The second-order valence-electron chi connectivity index (χ2n) is 4.46. The third-order valence-corrected chi connectivity index (χ3v) is 3.08. The third-order valence-electron chi connectivity index (χ3n) is 3.08. The maximum Gasteiger partial charge on any atom is 0.149 e. The van der Waals surface area contributed by atoms with Gasteiger partial charge in [0.1, 0.15) is 11.7 Å². The molecule has 0 bridgehead atoms. The maximum atomic E-state index is 8.45.